The van der Waals surface area contributed by atoms with Crippen LogP contribution < -0.4 is 9.80 Å². The normalized spacial score (nSPS) is 10.1. The molecule has 2 rings (SSSR count). The summed E-state index contributed by atoms with van der Waals surface area (Å²) in [7, 11) is -0.0260. The van der Waals surface area contributed by atoms with E-state index in [1.54, 1.807) is 26.4 Å². The number of pyridine rings is 1. The van der Waals surface area contributed by atoms with Gasteiger partial charge in [0.1, 0.15) is 0 Å². The molecule has 0 N–H and O–H groups in total. The number of hydrogen-bond donors (Lipinski definition) is 0. The molecule has 0 saturated carbocycles. The van der Waals surface area contributed by atoms with Crippen molar-refractivity contribution in [1.29, 1.82) is 0 Å². The Bertz CT molecular complexity index is 918. The number of methoxy groups -OCH3 is 1. The monoisotopic (exact) mass is 474 g/mol. The molecule has 7 heteroatoms. The lowest BCUT2D eigenvalue weighted by molar-refractivity contribution is 0.277. The molecule has 0 bridgehead atoms. The molecule has 0 saturated heterocycles. The van der Waals surface area contributed by atoms with Crippen LogP contribution in [0.5, 0.6) is 0 Å². The molecule has 1 aromatic carbocycles. The van der Waals surface area contributed by atoms with Crippen molar-refractivity contribution in [2.45, 2.75) is 39.1 Å². The molecule has 0 spiro atoms. The van der Waals surface area contributed by atoms with Crippen LogP contribution >= 0.6 is 0 Å². The van der Waals surface area contributed by atoms with Crippen LogP contribution in [-0.4, -0.2) is 59.6 Å². The second-order valence-electron chi connectivity index (χ2n) is 7.07. The van der Waals surface area contributed by atoms with Crippen LogP contribution in [0.4, 0.5) is 11.4 Å². The highest BCUT2D eigenvalue weighted by atomic mass is 32.2. The summed E-state index contributed by atoms with van der Waals surface area (Å²) in [5.74, 6) is 2.25. The van der Waals surface area contributed by atoms with E-state index < -0.39 is 9.84 Å². The third-order valence-electron chi connectivity index (χ3n) is 4.77. The Morgan fingerprint density at radius 2 is 1.67 bits per heavy atom. The summed E-state index contributed by atoms with van der Waals surface area (Å²) < 4.78 is 27.1. The van der Waals surface area contributed by atoms with Gasteiger partial charge >= 0.3 is 0 Å². The number of terminal acetylenes is 1. The largest absolute Gasteiger partial charge is 0.388 e. The van der Waals surface area contributed by atoms with Gasteiger partial charge in [0, 0.05) is 64.4 Å². The summed E-state index contributed by atoms with van der Waals surface area (Å²) in [6.45, 7) is 16.7. The summed E-state index contributed by atoms with van der Waals surface area (Å²) in [6, 6.07) is 11.5. The molecule has 1 aromatic heterocycles. The van der Waals surface area contributed by atoms with Crippen LogP contribution in [0.3, 0.4) is 0 Å². The first-order valence-electron chi connectivity index (χ1n) is 11.1. The molecule has 33 heavy (non-hydrogen) atoms. The topological polar surface area (TPSA) is 62.7 Å². The van der Waals surface area contributed by atoms with E-state index in [9.17, 15) is 8.42 Å². The number of ether oxygens (including phenoxy) is 1. The smallest absolute Gasteiger partial charge is 0.196 e. The average Bonchev–Trinajstić information content (AvgIpc) is 2.82. The van der Waals surface area contributed by atoms with Gasteiger partial charge in [-0.2, -0.15) is 0 Å². The second-order valence-corrected chi connectivity index (χ2v) is 9.13. The van der Waals surface area contributed by atoms with E-state index in [4.69, 9.17) is 6.42 Å². The summed E-state index contributed by atoms with van der Waals surface area (Å²) in [5.41, 5.74) is 3.95. The third kappa shape index (κ3) is 10.7. The number of anilines is 2. The Labute approximate surface area is 201 Å². The Hall–Kier alpha value is -2.56. The summed E-state index contributed by atoms with van der Waals surface area (Å²) in [6.07, 6.45) is 6.65. The standard InChI is InChI=1S/C15H25N2.C9H9NO2S.C2H6O/c1-6-16(7-2)14-10-11-15(13(5)12-14)17(8-3)9-4;1-2-3-8-13(11,12)9-6-4-5-7-10-9;1-3-2/h10-12H,3,6-9H2,1-2,4-5H3;1,4-7H,3,8H2;1-2H3. The average molecular weight is 475 g/mol. The van der Waals surface area contributed by atoms with E-state index in [1.165, 1.54) is 29.2 Å². The van der Waals surface area contributed by atoms with E-state index in [2.05, 4.69) is 78.3 Å². The zero-order valence-electron chi connectivity index (χ0n) is 21.0. The van der Waals surface area contributed by atoms with E-state index in [-0.39, 0.29) is 17.2 Å². The van der Waals surface area contributed by atoms with E-state index in [0.717, 1.165) is 26.2 Å². The zero-order valence-corrected chi connectivity index (χ0v) is 21.9. The second kappa shape index (κ2) is 17.0. The van der Waals surface area contributed by atoms with Crippen LogP contribution in [0.15, 0.2) is 47.6 Å². The maximum atomic E-state index is 11.4. The van der Waals surface area contributed by atoms with E-state index >= 15 is 0 Å². The molecule has 0 atom stereocenters. The zero-order chi connectivity index (χ0) is 25.3. The van der Waals surface area contributed by atoms with Crippen LogP contribution in [0.25, 0.3) is 0 Å². The van der Waals surface area contributed by atoms with Crippen molar-refractivity contribution in [3.63, 3.8) is 0 Å². The third-order valence-corrected chi connectivity index (χ3v) is 6.39. The van der Waals surface area contributed by atoms with Crippen molar-refractivity contribution in [1.82, 2.24) is 4.98 Å². The number of rotatable bonds is 9. The van der Waals surface area contributed by atoms with Gasteiger partial charge in [-0.1, -0.05) is 6.07 Å². The van der Waals surface area contributed by atoms with Crippen molar-refractivity contribution in [3.8, 4) is 12.3 Å². The molecule has 1 radical (unpaired) electrons. The van der Waals surface area contributed by atoms with E-state index in [0.29, 0.717) is 0 Å². The SMILES string of the molecule is C#CCCS(=O)(=O)c1ccccn1.COC.[CH2]CN(CC)c1ccc(N(CC)CC)cc1C. The van der Waals surface area contributed by atoms with Gasteiger partial charge in [0.2, 0.25) is 0 Å². The molecule has 183 valence electrons. The van der Waals surface area contributed by atoms with Gasteiger partial charge in [0.05, 0.1) is 5.75 Å². The quantitative estimate of drug-likeness (QED) is 0.493. The predicted octanol–water partition coefficient (Wildman–Crippen LogP) is 4.64. The Morgan fingerprint density at radius 1 is 1.06 bits per heavy atom. The van der Waals surface area contributed by atoms with Gasteiger partial charge in [-0.3, -0.25) is 0 Å². The molecular weight excluding hydrogens is 434 g/mol. The number of benzene rings is 1. The summed E-state index contributed by atoms with van der Waals surface area (Å²) >= 11 is 0. The lowest BCUT2D eigenvalue weighted by atomic mass is 10.1. The van der Waals surface area contributed by atoms with Gasteiger partial charge in [-0.05, 0) is 70.5 Å². The summed E-state index contributed by atoms with van der Waals surface area (Å²) in [4.78, 5) is 8.41. The number of hydrogen-bond acceptors (Lipinski definition) is 6. The fraction of sp³-hybridized carbons (Fsp3) is 0.462. The molecule has 1 heterocycles. The Kier molecular flexibility index (Phi) is 15.7. The van der Waals surface area contributed by atoms with Crippen LogP contribution in [0, 0.1) is 26.2 Å². The molecule has 0 fully saturated rings. The predicted molar refractivity (Wildman–Crippen MR) is 141 cm³/mol. The summed E-state index contributed by atoms with van der Waals surface area (Å²) in [5, 5.41) is 0.0882. The van der Waals surface area contributed by atoms with Gasteiger partial charge in [-0.15, -0.1) is 12.3 Å². The molecule has 0 amide bonds. The minimum atomic E-state index is -3.28. The minimum absolute atomic E-state index is 0.0412. The number of nitrogens with zero attached hydrogens (tertiary/aromatic N) is 3. The van der Waals surface area contributed by atoms with Gasteiger partial charge < -0.3 is 14.5 Å². The fourth-order valence-electron chi connectivity index (χ4n) is 3.06. The fourth-order valence-corrected chi connectivity index (χ4v) is 4.16. The molecule has 2 aromatic rings. The van der Waals surface area contributed by atoms with Crippen LogP contribution in [-0.2, 0) is 14.6 Å². The molecule has 0 aliphatic carbocycles. The van der Waals surface area contributed by atoms with Gasteiger partial charge in [0.25, 0.3) is 0 Å². The van der Waals surface area contributed by atoms with Crippen molar-refractivity contribution in [2.24, 2.45) is 0 Å². The van der Waals surface area contributed by atoms with Gasteiger partial charge in [0.15, 0.2) is 14.9 Å². The van der Waals surface area contributed by atoms with Crippen molar-refractivity contribution < 1.29 is 13.2 Å². The molecule has 0 unspecified atom stereocenters. The highest BCUT2D eigenvalue weighted by Gasteiger charge is 2.13. The minimum Gasteiger partial charge on any atom is -0.388 e. The number of aromatic nitrogens is 1. The highest BCUT2D eigenvalue weighted by molar-refractivity contribution is 7.91. The first-order chi connectivity index (χ1) is 15.8. The number of sulfone groups is 1. The van der Waals surface area contributed by atoms with Crippen LogP contribution in [0.2, 0.25) is 0 Å². The first-order valence-corrected chi connectivity index (χ1v) is 12.8. The van der Waals surface area contributed by atoms with Crippen LogP contribution in [0.1, 0.15) is 32.8 Å². The number of aryl methyl sites for hydroxylation is 1. The maximum Gasteiger partial charge on any atom is 0.196 e. The highest BCUT2D eigenvalue weighted by Crippen LogP contribution is 2.25. The first kappa shape index (κ1) is 30.4. The van der Waals surface area contributed by atoms with Crippen molar-refractivity contribution in [2.75, 3.05) is 56.0 Å². The Balaban J connectivity index is 0.000000569. The Morgan fingerprint density at radius 3 is 2.09 bits per heavy atom. The molecule has 0 aliphatic rings. The molecule has 6 nitrogen and oxygen atoms in total. The van der Waals surface area contributed by atoms with Crippen molar-refractivity contribution in [3.05, 3.63) is 55.1 Å². The lowest BCUT2D eigenvalue weighted by Crippen LogP contribution is -2.24. The lowest BCUT2D eigenvalue weighted by Gasteiger charge is -2.26. The maximum absolute atomic E-state index is 11.4. The van der Waals surface area contributed by atoms with E-state index in [1.807, 2.05) is 0 Å². The molecule has 0 aliphatic heterocycles. The van der Waals surface area contributed by atoms with Crippen molar-refractivity contribution >= 4 is 21.2 Å². The molecular formula is C26H40N3O3S. The van der Waals surface area contributed by atoms with Gasteiger partial charge in [-0.25, -0.2) is 13.4 Å².